The number of carbonyl (C=O) groups excluding carboxylic acids is 2. The Morgan fingerprint density at radius 2 is 1.73 bits per heavy atom. The molecule has 0 radical (unpaired) electrons. The van der Waals surface area contributed by atoms with Crippen molar-refractivity contribution < 1.29 is 40.3 Å². The predicted octanol–water partition coefficient (Wildman–Crippen LogP) is 2.69. The van der Waals surface area contributed by atoms with E-state index in [0.29, 0.717) is 6.07 Å². The maximum Gasteiger partial charge on any atom is 0.416 e. The first-order valence-electron chi connectivity index (χ1n) is 8.36. The summed E-state index contributed by atoms with van der Waals surface area (Å²) in [5, 5.41) is 2.19. The third-order valence-electron chi connectivity index (χ3n) is 3.61. The molecule has 0 fully saturated rings. The van der Waals surface area contributed by atoms with Crippen molar-refractivity contribution >= 4 is 27.6 Å². The summed E-state index contributed by atoms with van der Waals surface area (Å²) in [6.07, 6.45) is -5.19. The van der Waals surface area contributed by atoms with Crippen LogP contribution in [0.2, 0.25) is 0 Å². The number of nitrogens with one attached hydrogen (secondary N) is 2. The summed E-state index contributed by atoms with van der Waals surface area (Å²) in [5.74, 6) is -2.43. The maximum atomic E-state index is 13.4. The fourth-order valence-electron chi connectivity index (χ4n) is 2.18. The molecule has 0 unspecified atom stereocenters. The minimum absolute atomic E-state index is 0.104. The summed E-state index contributed by atoms with van der Waals surface area (Å²) >= 11 is 0. The van der Waals surface area contributed by atoms with Crippen LogP contribution in [0.1, 0.15) is 12.0 Å². The summed E-state index contributed by atoms with van der Waals surface area (Å²) in [4.78, 5) is 22.6. The standard InChI is InChI=1S/C18H16F4N2O5S/c19-14-6-1-2-7-15(14)24-16(25)11-29-17(26)8-9-23-30(27,28)13-5-3-4-12(10-13)18(20,21)22/h1-7,10,23H,8-9,11H2,(H,24,25). The lowest BCUT2D eigenvalue weighted by Crippen LogP contribution is -2.28. The van der Waals surface area contributed by atoms with Gasteiger partial charge >= 0.3 is 12.1 Å². The van der Waals surface area contributed by atoms with E-state index < -0.39 is 63.9 Å². The first-order chi connectivity index (χ1) is 14.0. The van der Waals surface area contributed by atoms with Crippen LogP contribution in [-0.2, 0) is 30.5 Å². The van der Waals surface area contributed by atoms with Crippen LogP contribution in [0.25, 0.3) is 0 Å². The Balaban J connectivity index is 1.81. The van der Waals surface area contributed by atoms with Gasteiger partial charge in [0.15, 0.2) is 6.61 Å². The molecule has 0 bridgehead atoms. The molecule has 12 heteroatoms. The van der Waals surface area contributed by atoms with E-state index in [0.717, 1.165) is 24.3 Å². The number of hydrogen-bond donors (Lipinski definition) is 2. The fourth-order valence-corrected chi connectivity index (χ4v) is 3.25. The summed E-state index contributed by atoms with van der Waals surface area (Å²) in [6.45, 7) is -1.19. The number of esters is 1. The molecule has 2 aromatic carbocycles. The smallest absolute Gasteiger partial charge is 0.416 e. The normalized spacial score (nSPS) is 11.7. The molecule has 2 aromatic rings. The number of para-hydroxylation sites is 1. The van der Waals surface area contributed by atoms with Gasteiger partial charge in [-0.3, -0.25) is 9.59 Å². The molecule has 0 aliphatic carbocycles. The third kappa shape index (κ3) is 6.81. The van der Waals surface area contributed by atoms with E-state index in [-0.39, 0.29) is 5.69 Å². The van der Waals surface area contributed by atoms with Crippen LogP contribution < -0.4 is 10.0 Å². The number of amides is 1. The van der Waals surface area contributed by atoms with Crippen molar-refractivity contribution in [1.29, 1.82) is 0 Å². The number of rotatable bonds is 8. The van der Waals surface area contributed by atoms with Gasteiger partial charge in [0.2, 0.25) is 10.0 Å². The number of carbonyl (C=O) groups is 2. The second kappa shape index (κ2) is 9.67. The number of benzene rings is 2. The second-order valence-electron chi connectivity index (χ2n) is 5.86. The fraction of sp³-hybridized carbons (Fsp3) is 0.222. The Morgan fingerprint density at radius 1 is 1.03 bits per heavy atom. The van der Waals surface area contributed by atoms with Crippen LogP contribution in [0.3, 0.4) is 0 Å². The van der Waals surface area contributed by atoms with Crippen LogP contribution >= 0.6 is 0 Å². The minimum Gasteiger partial charge on any atom is -0.456 e. The van der Waals surface area contributed by atoms with E-state index in [4.69, 9.17) is 0 Å². The predicted molar refractivity (Wildman–Crippen MR) is 97.2 cm³/mol. The SMILES string of the molecule is O=C(COC(=O)CCNS(=O)(=O)c1cccc(C(F)(F)F)c1)Nc1ccccc1F. The summed E-state index contributed by atoms with van der Waals surface area (Å²) < 4.78 is 82.2. The molecule has 30 heavy (non-hydrogen) atoms. The van der Waals surface area contributed by atoms with Gasteiger partial charge in [-0.15, -0.1) is 0 Å². The van der Waals surface area contributed by atoms with E-state index in [2.05, 4.69) is 10.1 Å². The van der Waals surface area contributed by atoms with E-state index >= 15 is 0 Å². The molecule has 1 amide bonds. The average Bonchev–Trinajstić information content (AvgIpc) is 2.67. The van der Waals surface area contributed by atoms with Gasteiger partial charge in [-0.05, 0) is 30.3 Å². The largest absolute Gasteiger partial charge is 0.456 e. The van der Waals surface area contributed by atoms with Gasteiger partial charge in [-0.25, -0.2) is 17.5 Å². The van der Waals surface area contributed by atoms with Crippen molar-refractivity contribution in [2.75, 3.05) is 18.5 Å². The highest BCUT2D eigenvalue weighted by Gasteiger charge is 2.31. The lowest BCUT2D eigenvalue weighted by Gasteiger charge is -2.10. The molecule has 0 aliphatic heterocycles. The highest BCUT2D eigenvalue weighted by molar-refractivity contribution is 7.89. The number of hydrogen-bond acceptors (Lipinski definition) is 5. The maximum absolute atomic E-state index is 13.4. The Labute approximate surface area is 169 Å². The van der Waals surface area contributed by atoms with E-state index in [9.17, 15) is 35.6 Å². The topological polar surface area (TPSA) is 102 Å². The third-order valence-corrected chi connectivity index (χ3v) is 5.06. The van der Waals surface area contributed by atoms with Crippen molar-refractivity contribution in [3.8, 4) is 0 Å². The van der Waals surface area contributed by atoms with Crippen LogP contribution in [0.5, 0.6) is 0 Å². The zero-order valence-electron chi connectivity index (χ0n) is 15.2. The van der Waals surface area contributed by atoms with E-state index in [1.807, 2.05) is 4.72 Å². The zero-order valence-corrected chi connectivity index (χ0v) is 16.0. The molecule has 0 spiro atoms. The van der Waals surface area contributed by atoms with Gasteiger partial charge in [0, 0.05) is 6.54 Å². The van der Waals surface area contributed by atoms with Crippen molar-refractivity contribution in [1.82, 2.24) is 4.72 Å². The van der Waals surface area contributed by atoms with Gasteiger partial charge in [-0.2, -0.15) is 13.2 Å². The van der Waals surface area contributed by atoms with Crippen LogP contribution in [0.15, 0.2) is 53.4 Å². The Kier molecular flexibility index (Phi) is 7.51. The quantitative estimate of drug-likeness (QED) is 0.478. The molecular weight excluding hydrogens is 432 g/mol. The zero-order chi connectivity index (χ0) is 22.4. The highest BCUT2D eigenvalue weighted by Crippen LogP contribution is 2.30. The second-order valence-corrected chi connectivity index (χ2v) is 7.63. The Bertz CT molecular complexity index is 1030. The number of halogens is 4. The Hall–Kier alpha value is -2.99. The molecule has 0 atom stereocenters. The lowest BCUT2D eigenvalue weighted by atomic mass is 10.2. The molecule has 7 nitrogen and oxygen atoms in total. The average molecular weight is 448 g/mol. The molecule has 2 N–H and O–H groups in total. The molecule has 0 heterocycles. The number of anilines is 1. The van der Waals surface area contributed by atoms with Crippen molar-refractivity contribution in [2.45, 2.75) is 17.5 Å². The van der Waals surface area contributed by atoms with E-state index in [1.165, 1.54) is 18.2 Å². The molecule has 2 rings (SSSR count). The first kappa shape index (κ1) is 23.3. The summed E-state index contributed by atoms with van der Waals surface area (Å²) in [5.41, 5.74) is -1.24. The molecule has 162 valence electrons. The highest BCUT2D eigenvalue weighted by atomic mass is 32.2. The summed E-state index contributed by atoms with van der Waals surface area (Å²) in [7, 11) is -4.29. The summed E-state index contributed by atoms with van der Waals surface area (Å²) in [6, 6.07) is 8.45. The molecule has 0 saturated heterocycles. The Morgan fingerprint density at radius 3 is 2.40 bits per heavy atom. The number of alkyl halides is 3. The van der Waals surface area contributed by atoms with Gasteiger partial charge in [0.05, 0.1) is 22.6 Å². The van der Waals surface area contributed by atoms with E-state index in [1.54, 1.807) is 0 Å². The van der Waals surface area contributed by atoms with Gasteiger partial charge in [-0.1, -0.05) is 18.2 Å². The lowest BCUT2D eigenvalue weighted by molar-refractivity contribution is -0.147. The van der Waals surface area contributed by atoms with Crippen LogP contribution in [-0.4, -0.2) is 33.4 Å². The number of ether oxygens (including phenoxy) is 1. The molecule has 0 aromatic heterocycles. The van der Waals surface area contributed by atoms with Gasteiger partial charge in [0.25, 0.3) is 5.91 Å². The molecular formula is C18H16F4N2O5S. The molecule has 0 aliphatic rings. The number of sulfonamides is 1. The van der Waals surface area contributed by atoms with Crippen molar-refractivity contribution in [2.24, 2.45) is 0 Å². The van der Waals surface area contributed by atoms with Crippen molar-refractivity contribution in [3.05, 3.63) is 59.9 Å². The first-order valence-corrected chi connectivity index (χ1v) is 9.84. The minimum atomic E-state index is -4.71. The van der Waals surface area contributed by atoms with Crippen LogP contribution in [0, 0.1) is 5.82 Å². The molecule has 0 saturated carbocycles. The van der Waals surface area contributed by atoms with Gasteiger partial charge < -0.3 is 10.1 Å². The van der Waals surface area contributed by atoms with Crippen LogP contribution in [0.4, 0.5) is 23.2 Å². The van der Waals surface area contributed by atoms with Crippen molar-refractivity contribution in [3.63, 3.8) is 0 Å². The van der Waals surface area contributed by atoms with Gasteiger partial charge in [0.1, 0.15) is 5.82 Å². The monoisotopic (exact) mass is 448 g/mol.